The molecule has 1 saturated heterocycles. The molecule has 1 amide bonds. The number of aromatic nitrogens is 1. The molecular weight excluding hydrogens is 176 g/mol. The average molecular weight is 190 g/mol. The van der Waals surface area contributed by atoms with E-state index >= 15 is 0 Å². The molecule has 74 valence electrons. The van der Waals surface area contributed by atoms with Crippen LogP contribution in [0.3, 0.4) is 0 Å². The number of aryl methyl sites for hydroxylation is 1. The summed E-state index contributed by atoms with van der Waals surface area (Å²) >= 11 is 0. The second-order valence-electron chi connectivity index (χ2n) is 3.68. The molecule has 1 aliphatic rings. The summed E-state index contributed by atoms with van der Waals surface area (Å²) in [6, 6.07) is 3.99. The lowest BCUT2D eigenvalue weighted by atomic mass is 9.99. The number of hydrogen-bond donors (Lipinski definition) is 1. The molecule has 1 aromatic rings. The van der Waals surface area contributed by atoms with Gasteiger partial charge in [0.1, 0.15) is 0 Å². The Kier molecular flexibility index (Phi) is 2.77. The molecule has 1 fully saturated rings. The minimum absolute atomic E-state index is 0.217. The first-order valence-electron chi connectivity index (χ1n) is 5.03. The fourth-order valence-electron chi connectivity index (χ4n) is 1.81. The van der Waals surface area contributed by atoms with E-state index < -0.39 is 0 Å². The quantitative estimate of drug-likeness (QED) is 0.776. The summed E-state index contributed by atoms with van der Waals surface area (Å²) in [7, 11) is 0. The number of pyridine rings is 1. The fourth-order valence-corrected chi connectivity index (χ4v) is 1.81. The first kappa shape index (κ1) is 9.19. The Hall–Kier alpha value is -1.38. The van der Waals surface area contributed by atoms with Gasteiger partial charge in [0.15, 0.2) is 0 Å². The molecule has 1 unspecified atom stereocenters. The van der Waals surface area contributed by atoms with Crippen LogP contribution in [0.1, 0.15) is 18.4 Å². The maximum absolute atomic E-state index is 11.3. The second-order valence-corrected chi connectivity index (χ2v) is 3.68. The van der Waals surface area contributed by atoms with Crippen molar-refractivity contribution >= 4 is 5.91 Å². The highest BCUT2D eigenvalue weighted by atomic mass is 16.2. The number of rotatable bonds is 3. The van der Waals surface area contributed by atoms with Gasteiger partial charge in [0.2, 0.25) is 5.91 Å². The SMILES string of the molecule is O=C1NCCC1CCc1cccnc1. The molecule has 2 rings (SSSR count). The third-order valence-corrected chi connectivity index (χ3v) is 2.67. The first-order valence-corrected chi connectivity index (χ1v) is 5.03. The van der Waals surface area contributed by atoms with Crippen LogP contribution in [0.15, 0.2) is 24.5 Å². The molecule has 0 aliphatic carbocycles. The van der Waals surface area contributed by atoms with Crippen LogP contribution in [-0.4, -0.2) is 17.4 Å². The number of carbonyl (C=O) groups is 1. The summed E-state index contributed by atoms with van der Waals surface area (Å²) in [5, 5.41) is 2.85. The highest BCUT2D eigenvalue weighted by Gasteiger charge is 2.23. The standard InChI is InChI=1S/C11H14N2O/c14-11-10(5-7-13-11)4-3-9-2-1-6-12-8-9/h1-2,6,8,10H,3-5,7H2,(H,13,14). The molecule has 2 heterocycles. The van der Waals surface area contributed by atoms with Crippen molar-refractivity contribution in [3.05, 3.63) is 30.1 Å². The van der Waals surface area contributed by atoms with E-state index in [1.807, 2.05) is 12.3 Å². The number of nitrogens with one attached hydrogen (secondary N) is 1. The molecule has 3 nitrogen and oxygen atoms in total. The van der Waals surface area contributed by atoms with E-state index in [4.69, 9.17) is 0 Å². The molecule has 0 aromatic carbocycles. The van der Waals surface area contributed by atoms with Gasteiger partial charge in [-0.05, 0) is 30.9 Å². The number of hydrogen-bond acceptors (Lipinski definition) is 2. The van der Waals surface area contributed by atoms with Gasteiger partial charge in [-0.25, -0.2) is 0 Å². The van der Waals surface area contributed by atoms with Crippen molar-refractivity contribution in [2.75, 3.05) is 6.54 Å². The van der Waals surface area contributed by atoms with Crippen LogP contribution in [0.4, 0.5) is 0 Å². The van der Waals surface area contributed by atoms with Crippen molar-refractivity contribution in [1.29, 1.82) is 0 Å². The van der Waals surface area contributed by atoms with Crippen molar-refractivity contribution in [1.82, 2.24) is 10.3 Å². The number of amides is 1. The summed E-state index contributed by atoms with van der Waals surface area (Å²) in [5.41, 5.74) is 1.22. The lowest BCUT2D eigenvalue weighted by molar-refractivity contribution is -0.122. The average Bonchev–Trinajstić information content (AvgIpc) is 2.63. The molecule has 0 radical (unpaired) electrons. The molecule has 1 N–H and O–H groups in total. The van der Waals surface area contributed by atoms with E-state index in [0.717, 1.165) is 25.8 Å². The monoisotopic (exact) mass is 190 g/mol. The minimum Gasteiger partial charge on any atom is -0.356 e. The fraction of sp³-hybridized carbons (Fsp3) is 0.455. The summed E-state index contributed by atoms with van der Waals surface area (Å²) in [6.45, 7) is 0.844. The summed E-state index contributed by atoms with van der Waals surface area (Å²) in [6.07, 6.45) is 6.52. The molecule has 1 aliphatic heterocycles. The maximum Gasteiger partial charge on any atom is 0.223 e. The number of nitrogens with zero attached hydrogens (tertiary/aromatic N) is 1. The van der Waals surface area contributed by atoms with Gasteiger partial charge >= 0.3 is 0 Å². The normalized spacial score (nSPS) is 20.9. The van der Waals surface area contributed by atoms with Crippen molar-refractivity contribution in [3.63, 3.8) is 0 Å². The minimum atomic E-state index is 0.217. The zero-order valence-corrected chi connectivity index (χ0v) is 8.07. The van der Waals surface area contributed by atoms with Gasteiger partial charge in [-0.3, -0.25) is 9.78 Å². The van der Waals surface area contributed by atoms with E-state index in [2.05, 4.69) is 16.4 Å². The van der Waals surface area contributed by atoms with Crippen LogP contribution in [0.25, 0.3) is 0 Å². The molecule has 0 spiro atoms. The van der Waals surface area contributed by atoms with Crippen molar-refractivity contribution in [2.45, 2.75) is 19.3 Å². The van der Waals surface area contributed by atoms with E-state index in [1.54, 1.807) is 6.20 Å². The highest BCUT2D eigenvalue weighted by Crippen LogP contribution is 2.16. The second kappa shape index (κ2) is 4.22. The van der Waals surface area contributed by atoms with Crippen LogP contribution in [0.5, 0.6) is 0 Å². The van der Waals surface area contributed by atoms with Crippen molar-refractivity contribution in [2.24, 2.45) is 5.92 Å². The van der Waals surface area contributed by atoms with Crippen molar-refractivity contribution in [3.8, 4) is 0 Å². The van der Waals surface area contributed by atoms with E-state index in [9.17, 15) is 4.79 Å². The number of carbonyl (C=O) groups excluding carboxylic acids is 1. The first-order chi connectivity index (χ1) is 6.86. The molecule has 0 saturated carbocycles. The maximum atomic E-state index is 11.3. The molecular formula is C11H14N2O. The largest absolute Gasteiger partial charge is 0.356 e. The topological polar surface area (TPSA) is 42.0 Å². The predicted molar refractivity (Wildman–Crippen MR) is 53.7 cm³/mol. The molecule has 0 bridgehead atoms. The lowest BCUT2D eigenvalue weighted by Gasteiger charge is -2.05. The smallest absolute Gasteiger partial charge is 0.223 e. The van der Waals surface area contributed by atoms with Gasteiger partial charge in [0, 0.05) is 24.9 Å². The van der Waals surface area contributed by atoms with Gasteiger partial charge in [-0.2, -0.15) is 0 Å². The third-order valence-electron chi connectivity index (χ3n) is 2.67. The van der Waals surface area contributed by atoms with Gasteiger partial charge < -0.3 is 5.32 Å². The predicted octanol–water partition coefficient (Wildman–Crippen LogP) is 1.15. The third kappa shape index (κ3) is 2.10. The van der Waals surface area contributed by atoms with Gasteiger partial charge in [-0.1, -0.05) is 6.07 Å². The van der Waals surface area contributed by atoms with Crippen LogP contribution in [0, 0.1) is 5.92 Å². The van der Waals surface area contributed by atoms with Crippen molar-refractivity contribution < 1.29 is 4.79 Å². The molecule has 14 heavy (non-hydrogen) atoms. The van der Waals surface area contributed by atoms with Gasteiger partial charge in [0.25, 0.3) is 0 Å². The Balaban J connectivity index is 1.85. The van der Waals surface area contributed by atoms with Gasteiger partial charge in [-0.15, -0.1) is 0 Å². The summed E-state index contributed by atoms with van der Waals surface area (Å²) < 4.78 is 0. The Morgan fingerprint density at radius 3 is 3.14 bits per heavy atom. The Bertz CT molecular complexity index is 310. The Labute approximate surface area is 83.5 Å². The van der Waals surface area contributed by atoms with Crippen LogP contribution < -0.4 is 5.32 Å². The van der Waals surface area contributed by atoms with Crippen LogP contribution >= 0.6 is 0 Å². The zero-order chi connectivity index (χ0) is 9.80. The Morgan fingerprint density at radius 1 is 1.57 bits per heavy atom. The van der Waals surface area contributed by atoms with Crippen LogP contribution in [0.2, 0.25) is 0 Å². The molecule has 1 aromatic heterocycles. The highest BCUT2D eigenvalue weighted by molar-refractivity contribution is 5.80. The van der Waals surface area contributed by atoms with E-state index in [1.165, 1.54) is 5.56 Å². The van der Waals surface area contributed by atoms with Crippen LogP contribution in [-0.2, 0) is 11.2 Å². The molecule has 3 heteroatoms. The summed E-state index contributed by atoms with van der Waals surface area (Å²) in [5.74, 6) is 0.434. The Morgan fingerprint density at radius 2 is 2.50 bits per heavy atom. The lowest BCUT2D eigenvalue weighted by Crippen LogP contribution is -2.19. The zero-order valence-electron chi connectivity index (χ0n) is 8.07. The van der Waals surface area contributed by atoms with E-state index in [0.29, 0.717) is 0 Å². The molecule has 1 atom stereocenters. The van der Waals surface area contributed by atoms with E-state index in [-0.39, 0.29) is 11.8 Å². The van der Waals surface area contributed by atoms with Gasteiger partial charge in [0.05, 0.1) is 0 Å². The summed E-state index contributed by atoms with van der Waals surface area (Å²) in [4.78, 5) is 15.3.